The third-order valence-corrected chi connectivity index (χ3v) is 2.79. The number of ether oxygens (including phenoxy) is 1. The molecule has 88 valence electrons. The van der Waals surface area contributed by atoms with E-state index in [0.29, 0.717) is 13.0 Å². The lowest BCUT2D eigenvalue weighted by Gasteiger charge is -2.27. The minimum atomic E-state index is -0.452. The van der Waals surface area contributed by atoms with Crippen molar-refractivity contribution in [1.29, 1.82) is 0 Å². The van der Waals surface area contributed by atoms with Gasteiger partial charge in [-0.3, -0.25) is 4.79 Å². The molecule has 4 nitrogen and oxygen atoms in total. The molecule has 1 fully saturated rings. The standard InChI is InChI=1S/C11H22N2O2/c1-2-15-11(14)10(12)6-9-13-7-4-3-5-8-13/h10H,2-9,12H2,1H3. The third kappa shape index (κ3) is 4.62. The van der Waals surface area contributed by atoms with Crippen LogP contribution in [0.3, 0.4) is 0 Å². The Hall–Kier alpha value is -0.610. The van der Waals surface area contributed by atoms with Crippen molar-refractivity contribution in [2.24, 2.45) is 5.73 Å². The van der Waals surface area contributed by atoms with Crippen molar-refractivity contribution in [2.75, 3.05) is 26.2 Å². The van der Waals surface area contributed by atoms with Gasteiger partial charge in [0.25, 0.3) is 0 Å². The van der Waals surface area contributed by atoms with Crippen LogP contribution in [0.15, 0.2) is 0 Å². The van der Waals surface area contributed by atoms with E-state index in [1.807, 2.05) is 0 Å². The lowest BCUT2D eigenvalue weighted by molar-refractivity contribution is -0.144. The molecule has 15 heavy (non-hydrogen) atoms. The van der Waals surface area contributed by atoms with Crippen molar-refractivity contribution in [1.82, 2.24) is 4.90 Å². The van der Waals surface area contributed by atoms with Gasteiger partial charge in [0.15, 0.2) is 0 Å². The molecule has 0 bridgehead atoms. The zero-order chi connectivity index (χ0) is 11.1. The fraction of sp³-hybridized carbons (Fsp3) is 0.909. The second-order valence-corrected chi connectivity index (χ2v) is 4.05. The molecule has 0 aromatic rings. The number of likely N-dealkylation sites (tertiary alicyclic amines) is 1. The molecule has 1 atom stereocenters. The van der Waals surface area contributed by atoms with Gasteiger partial charge in [0.2, 0.25) is 0 Å². The average Bonchev–Trinajstić information content (AvgIpc) is 2.27. The number of piperidine rings is 1. The smallest absolute Gasteiger partial charge is 0.322 e. The van der Waals surface area contributed by atoms with Gasteiger partial charge in [0, 0.05) is 6.54 Å². The van der Waals surface area contributed by atoms with Crippen molar-refractivity contribution >= 4 is 5.97 Å². The maximum absolute atomic E-state index is 11.3. The van der Waals surface area contributed by atoms with Gasteiger partial charge in [-0.2, -0.15) is 0 Å². The van der Waals surface area contributed by atoms with Crippen LogP contribution < -0.4 is 5.73 Å². The highest BCUT2D eigenvalue weighted by atomic mass is 16.5. The van der Waals surface area contributed by atoms with E-state index in [9.17, 15) is 4.79 Å². The molecule has 1 saturated heterocycles. The zero-order valence-electron chi connectivity index (χ0n) is 9.58. The number of hydrogen-bond donors (Lipinski definition) is 1. The predicted molar refractivity (Wildman–Crippen MR) is 59.5 cm³/mol. The fourth-order valence-corrected chi connectivity index (χ4v) is 1.87. The van der Waals surface area contributed by atoms with Gasteiger partial charge in [-0.25, -0.2) is 0 Å². The highest BCUT2D eigenvalue weighted by Crippen LogP contribution is 2.09. The number of esters is 1. The van der Waals surface area contributed by atoms with Gasteiger partial charge in [-0.05, 0) is 39.3 Å². The van der Waals surface area contributed by atoms with E-state index >= 15 is 0 Å². The van der Waals surface area contributed by atoms with Gasteiger partial charge in [0.05, 0.1) is 6.61 Å². The molecule has 0 radical (unpaired) electrons. The summed E-state index contributed by atoms with van der Waals surface area (Å²) in [4.78, 5) is 13.6. The molecule has 0 aliphatic carbocycles. The Bertz CT molecular complexity index is 191. The van der Waals surface area contributed by atoms with Crippen molar-refractivity contribution in [3.8, 4) is 0 Å². The first-order valence-electron chi connectivity index (χ1n) is 5.88. The van der Waals surface area contributed by atoms with E-state index in [1.54, 1.807) is 6.92 Å². The Labute approximate surface area is 91.8 Å². The maximum atomic E-state index is 11.3. The Morgan fingerprint density at radius 2 is 2.07 bits per heavy atom. The molecule has 1 aliphatic rings. The summed E-state index contributed by atoms with van der Waals surface area (Å²) >= 11 is 0. The molecular formula is C11H22N2O2. The van der Waals surface area contributed by atoms with Crippen molar-refractivity contribution in [2.45, 2.75) is 38.6 Å². The molecule has 4 heteroatoms. The summed E-state index contributed by atoms with van der Waals surface area (Å²) in [5.74, 6) is -0.269. The lowest BCUT2D eigenvalue weighted by Crippen LogP contribution is -2.38. The number of nitrogens with two attached hydrogens (primary N) is 1. The first kappa shape index (κ1) is 12.5. The van der Waals surface area contributed by atoms with Crippen molar-refractivity contribution in [3.05, 3.63) is 0 Å². The van der Waals surface area contributed by atoms with Gasteiger partial charge in [-0.15, -0.1) is 0 Å². The normalized spacial score (nSPS) is 19.9. The van der Waals surface area contributed by atoms with Crippen LogP contribution in [-0.4, -0.2) is 43.2 Å². The molecule has 0 spiro atoms. The summed E-state index contributed by atoms with van der Waals surface area (Å²) < 4.78 is 4.86. The fourth-order valence-electron chi connectivity index (χ4n) is 1.87. The summed E-state index contributed by atoms with van der Waals surface area (Å²) in [7, 11) is 0. The molecule has 1 aliphatic heterocycles. The Morgan fingerprint density at radius 3 is 2.67 bits per heavy atom. The Morgan fingerprint density at radius 1 is 1.40 bits per heavy atom. The van der Waals surface area contributed by atoms with E-state index in [1.165, 1.54) is 19.3 Å². The van der Waals surface area contributed by atoms with Crippen LogP contribution in [0.1, 0.15) is 32.6 Å². The monoisotopic (exact) mass is 214 g/mol. The minimum Gasteiger partial charge on any atom is -0.465 e. The number of nitrogens with zero attached hydrogens (tertiary/aromatic N) is 1. The largest absolute Gasteiger partial charge is 0.465 e. The van der Waals surface area contributed by atoms with E-state index in [4.69, 9.17) is 10.5 Å². The maximum Gasteiger partial charge on any atom is 0.322 e. The molecule has 1 rings (SSSR count). The molecule has 0 aromatic carbocycles. The van der Waals surface area contributed by atoms with E-state index in [0.717, 1.165) is 19.6 Å². The molecule has 1 unspecified atom stereocenters. The minimum absolute atomic E-state index is 0.269. The average molecular weight is 214 g/mol. The lowest BCUT2D eigenvalue weighted by atomic mass is 10.1. The quantitative estimate of drug-likeness (QED) is 0.686. The number of hydrogen-bond acceptors (Lipinski definition) is 4. The third-order valence-electron chi connectivity index (χ3n) is 2.79. The molecular weight excluding hydrogens is 192 g/mol. The molecule has 2 N–H and O–H groups in total. The second kappa shape index (κ2) is 6.80. The number of rotatable bonds is 5. The van der Waals surface area contributed by atoms with Crippen LogP contribution in [0.4, 0.5) is 0 Å². The van der Waals surface area contributed by atoms with E-state index in [2.05, 4.69) is 4.90 Å². The van der Waals surface area contributed by atoms with E-state index in [-0.39, 0.29) is 5.97 Å². The Kier molecular flexibility index (Phi) is 5.65. The molecule has 0 aromatic heterocycles. The summed E-state index contributed by atoms with van der Waals surface area (Å²) in [5, 5.41) is 0. The first-order chi connectivity index (χ1) is 7.24. The van der Waals surface area contributed by atoms with Crippen LogP contribution in [0.5, 0.6) is 0 Å². The summed E-state index contributed by atoms with van der Waals surface area (Å²) in [6.45, 7) is 5.43. The molecule has 0 saturated carbocycles. The topological polar surface area (TPSA) is 55.6 Å². The van der Waals surface area contributed by atoms with Crippen LogP contribution in [0.25, 0.3) is 0 Å². The first-order valence-corrected chi connectivity index (χ1v) is 5.88. The molecule has 0 amide bonds. The van der Waals surface area contributed by atoms with Crippen molar-refractivity contribution in [3.63, 3.8) is 0 Å². The van der Waals surface area contributed by atoms with Gasteiger partial charge in [0.1, 0.15) is 6.04 Å². The summed E-state index contributed by atoms with van der Waals surface area (Å²) in [6.07, 6.45) is 4.59. The van der Waals surface area contributed by atoms with Crippen LogP contribution >= 0.6 is 0 Å². The van der Waals surface area contributed by atoms with Crippen LogP contribution in [0.2, 0.25) is 0 Å². The zero-order valence-corrected chi connectivity index (χ0v) is 9.58. The van der Waals surface area contributed by atoms with Gasteiger partial charge >= 0.3 is 5.97 Å². The van der Waals surface area contributed by atoms with Gasteiger partial charge < -0.3 is 15.4 Å². The van der Waals surface area contributed by atoms with Gasteiger partial charge in [-0.1, -0.05) is 6.42 Å². The number of carbonyl (C=O) groups is 1. The molecule has 1 heterocycles. The van der Waals surface area contributed by atoms with E-state index < -0.39 is 6.04 Å². The van der Waals surface area contributed by atoms with Crippen LogP contribution in [0, 0.1) is 0 Å². The highest BCUT2D eigenvalue weighted by molar-refractivity contribution is 5.75. The SMILES string of the molecule is CCOC(=O)C(N)CCN1CCCCC1. The predicted octanol–water partition coefficient (Wildman–Crippen LogP) is 0.753. The summed E-state index contributed by atoms with van der Waals surface area (Å²) in [6, 6.07) is -0.452. The number of carbonyl (C=O) groups excluding carboxylic acids is 1. The highest BCUT2D eigenvalue weighted by Gasteiger charge is 2.17. The van der Waals surface area contributed by atoms with Crippen molar-refractivity contribution < 1.29 is 9.53 Å². The second-order valence-electron chi connectivity index (χ2n) is 4.05. The Balaban J connectivity index is 2.14. The summed E-state index contributed by atoms with van der Waals surface area (Å²) in [5.41, 5.74) is 5.72. The van der Waals surface area contributed by atoms with Crippen LogP contribution in [-0.2, 0) is 9.53 Å².